The number of carboxylic acid groups (broad SMARTS) is 1. The van der Waals surface area contributed by atoms with Crippen molar-refractivity contribution in [2.45, 2.75) is 45.1 Å². The Hall–Kier alpha value is -1.10. The third kappa shape index (κ3) is 3.98. The number of amides is 1. The van der Waals surface area contributed by atoms with Crippen molar-refractivity contribution in [3.05, 3.63) is 0 Å². The molecule has 0 heterocycles. The van der Waals surface area contributed by atoms with Crippen molar-refractivity contribution < 1.29 is 19.8 Å². The Bertz CT molecular complexity index is 321. The van der Waals surface area contributed by atoms with Gasteiger partial charge in [0.2, 0.25) is 5.91 Å². The predicted molar refractivity (Wildman–Crippen MR) is 67.0 cm³/mol. The Morgan fingerprint density at radius 3 is 2.17 bits per heavy atom. The minimum absolute atomic E-state index is 0.163. The van der Waals surface area contributed by atoms with Crippen molar-refractivity contribution in [3.63, 3.8) is 0 Å². The first kappa shape index (κ1) is 15.0. The molecular formula is C13H23NO4. The van der Waals surface area contributed by atoms with Crippen LogP contribution in [0.3, 0.4) is 0 Å². The molecule has 0 aromatic rings. The van der Waals surface area contributed by atoms with Crippen LogP contribution >= 0.6 is 0 Å². The highest BCUT2D eigenvalue weighted by molar-refractivity contribution is 5.84. The van der Waals surface area contributed by atoms with E-state index in [1.54, 1.807) is 20.9 Å². The van der Waals surface area contributed by atoms with Gasteiger partial charge in [-0.25, -0.2) is 0 Å². The van der Waals surface area contributed by atoms with E-state index in [-0.39, 0.29) is 12.5 Å². The zero-order valence-electron chi connectivity index (χ0n) is 11.3. The Labute approximate surface area is 108 Å². The number of hydrogen-bond donors (Lipinski definition) is 2. The maximum Gasteiger partial charge on any atom is 0.307 e. The maximum atomic E-state index is 12.2. The third-order valence-electron chi connectivity index (χ3n) is 3.40. The van der Waals surface area contributed by atoms with Gasteiger partial charge >= 0.3 is 5.97 Å². The molecular weight excluding hydrogens is 234 g/mol. The van der Waals surface area contributed by atoms with Gasteiger partial charge in [-0.15, -0.1) is 0 Å². The second-order valence-electron chi connectivity index (χ2n) is 5.84. The van der Waals surface area contributed by atoms with E-state index in [0.717, 1.165) is 12.8 Å². The van der Waals surface area contributed by atoms with Gasteiger partial charge in [0.05, 0.1) is 17.4 Å². The molecule has 5 nitrogen and oxygen atoms in total. The Kier molecular flexibility index (Phi) is 4.73. The molecule has 1 fully saturated rings. The first-order valence-electron chi connectivity index (χ1n) is 6.42. The number of likely N-dealkylation sites (N-methyl/N-ethyl adjacent to an activating group) is 1. The molecule has 1 aliphatic carbocycles. The normalized spacial score (nSPS) is 24.7. The summed E-state index contributed by atoms with van der Waals surface area (Å²) in [5, 5.41) is 18.9. The van der Waals surface area contributed by atoms with Crippen molar-refractivity contribution in [3.8, 4) is 0 Å². The smallest absolute Gasteiger partial charge is 0.307 e. The average molecular weight is 257 g/mol. The van der Waals surface area contributed by atoms with Crippen molar-refractivity contribution in [2.75, 3.05) is 13.6 Å². The van der Waals surface area contributed by atoms with Crippen molar-refractivity contribution in [1.82, 2.24) is 4.90 Å². The summed E-state index contributed by atoms with van der Waals surface area (Å²) in [5.74, 6) is -2.06. The van der Waals surface area contributed by atoms with E-state index in [4.69, 9.17) is 5.11 Å². The fourth-order valence-corrected chi connectivity index (χ4v) is 2.66. The molecule has 0 unspecified atom stereocenters. The molecule has 0 radical (unpaired) electrons. The van der Waals surface area contributed by atoms with E-state index in [0.29, 0.717) is 12.8 Å². The van der Waals surface area contributed by atoms with E-state index in [9.17, 15) is 14.7 Å². The van der Waals surface area contributed by atoms with E-state index in [1.165, 1.54) is 4.90 Å². The van der Waals surface area contributed by atoms with E-state index >= 15 is 0 Å². The molecule has 1 amide bonds. The van der Waals surface area contributed by atoms with Crippen LogP contribution in [0.25, 0.3) is 0 Å². The fraction of sp³-hybridized carbons (Fsp3) is 0.846. The molecule has 2 atom stereocenters. The molecule has 0 aromatic heterocycles. The molecule has 0 aliphatic heterocycles. The summed E-state index contributed by atoms with van der Waals surface area (Å²) < 4.78 is 0. The van der Waals surface area contributed by atoms with Crippen LogP contribution in [0.2, 0.25) is 0 Å². The van der Waals surface area contributed by atoms with Crippen LogP contribution in [0.5, 0.6) is 0 Å². The average Bonchev–Trinajstić information content (AvgIpc) is 2.25. The Morgan fingerprint density at radius 2 is 1.72 bits per heavy atom. The number of rotatable bonds is 4. The second kappa shape index (κ2) is 5.69. The van der Waals surface area contributed by atoms with Crippen LogP contribution in [0.4, 0.5) is 0 Å². The van der Waals surface area contributed by atoms with Crippen molar-refractivity contribution in [1.29, 1.82) is 0 Å². The molecule has 1 aliphatic rings. The summed E-state index contributed by atoms with van der Waals surface area (Å²) in [6, 6.07) is 0. The maximum absolute atomic E-state index is 12.2. The number of carbonyl (C=O) groups is 2. The van der Waals surface area contributed by atoms with Crippen LogP contribution in [0, 0.1) is 11.8 Å². The third-order valence-corrected chi connectivity index (χ3v) is 3.40. The van der Waals surface area contributed by atoms with Gasteiger partial charge in [0, 0.05) is 13.6 Å². The van der Waals surface area contributed by atoms with Gasteiger partial charge in [-0.05, 0) is 26.7 Å². The van der Waals surface area contributed by atoms with Gasteiger partial charge in [0.15, 0.2) is 0 Å². The van der Waals surface area contributed by atoms with Crippen LogP contribution in [-0.4, -0.2) is 46.2 Å². The van der Waals surface area contributed by atoms with Crippen LogP contribution in [0.1, 0.15) is 39.5 Å². The number of aliphatic hydroxyl groups is 1. The minimum atomic E-state index is -0.961. The summed E-state index contributed by atoms with van der Waals surface area (Å²) in [6.45, 7) is 3.48. The molecule has 104 valence electrons. The number of carboxylic acids is 1. The number of hydrogen-bond acceptors (Lipinski definition) is 3. The van der Waals surface area contributed by atoms with Crippen LogP contribution < -0.4 is 0 Å². The highest BCUT2D eigenvalue weighted by Gasteiger charge is 2.37. The first-order valence-corrected chi connectivity index (χ1v) is 6.42. The lowest BCUT2D eigenvalue weighted by Crippen LogP contribution is -2.45. The van der Waals surface area contributed by atoms with Gasteiger partial charge in [-0.1, -0.05) is 12.8 Å². The highest BCUT2D eigenvalue weighted by atomic mass is 16.4. The summed E-state index contributed by atoms with van der Waals surface area (Å²) in [5.41, 5.74) is -0.961. The molecule has 0 bridgehead atoms. The standard InChI is InChI=1S/C13H23NO4/c1-13(2,18)8-14(3)11(15)9-6-4-5-7-10(9)12(16)17/h9-10,18H,4-8H2,1-3H3,(H,16,17)/t9-,10+/m1/s1. The van der Waals surface area contributed by atoms with E-state index in [1.807, 2.05) is 0 Å². The molecule has 0 saturated heterocycles. The quantitative estimate of drug-likeness (QED) is 0.790. The summed E-state index contributed by atoms with van der Waals surface area (Å²) >= 11 is 0. The SMILES string of the molecule is CN(CC(C)(C)O)C(=O)[C@@H]1CCCC[C@@H]1C(=O)O. The zero-order chi connectivity index (χ0) is 13.9. The highest BCUT2D eigenvalue weighted by Crippen LogP contribution is 2.31. The lowest BCUT2D eigenvalue weighted by Gasteiger charge is -2.33. The van der Waals surface area contributed by atoms with Gasteiger partial charge in [0.1, 0.15) is 0 Å². The summed E-state index contributed by atoms with van der Waals surface area (Å²) in [7, 11) is 1.62. The fourth-order valence-electron chi connectivity index (χ4n) is 2.66. The lowest BCUT2D eigenvalue weighted by atomic mass is 9.78. The molecule has 1 saturated carbocycles. The largest absolute Gasteiger partial charge is 0.481 e. The van der Waals surface area contributed by atoms with Gasteiger partial charge in [-0.2, -0.15) is 0 Å². The molecule has 2 N–H and O–H groups in total. The van der Waals surface area contributed by atoms with Crippen molar-refractivity contribution in [2.24, 2.45) is 11.8 Å². The molecule has 5 heteroatoms. The Morgan fingerprint density at radius 1 is 1.22 bits per heavy atom. The predicted octanol–water partition coefficient (Wildman–Crippen LogP) is 1.11. The minimum Gasteiger partial charge on any atom is -0.481 e. The van der Waals surface area contributed by atoms with Gasteiger partial charge in [0.25, 0.3) is 0 Å². The molecule has 18 heavy (non-hydrogen) atoms. The number of nitrogens with zero attached hydrogens (tertiary/aromatic N) is 1. The topological polar surface area (TPSA) is 77.8 Å². The number of aliphatic carboxylic acids is 1. The summed E-state index contributed by atoms with van der Waals surface area (Å²) in [4.78, 5) is 24.8. The zero-order valence-corrected chi connectivity index (χ0v) is 11.3. The number of carbonyl (C=O) groups excluding carboxylic acids is 1. The molecule has 0 aromatic carbocycles. The molecule has 1 rings (SSSR count). The lowest BCUT2D eigenvalue weighted by molar-refractivity contribution is -0.152. The van der Waals surface area contributed by atoms with Crippen molar-refractivity contribution >= 4 is 11.9 Å². The summed E-state index contributed by atoms with van der Waals surface area (Å²) in [6.07, 6.45) is 2.97. The van der Waals surface area contributed by atoms with Crippen LogP contribution in [-0.2, 0) is 9.59 Å². The Balaban J connectivity index is 2.71. The van der Waals surface area contributed by atoms with Gasteiger partial charge < -0.3 is 15.1 Å². The van der Waals surface area contributed by atoms with Crippen LogP contribution in [0.15, 0.2) is 0 Å². The first-order chi connectivity index (χ1) is 8.22. The monoisotopic (exact) mass is 257 g/mol. The second-order valence-corrected chi connectivity index (χ2v) is 5.84. The van der Waals surface area contributed by atoms with Gasteiger partial charge in [-0.3, -0.25) is 9.59 Å². The van der Waals surface area contributed by atoms with E-state index in [2.05, 4.69) is 0 Å². The van der Waals surface area contributed by atoms with E-state index < -0.39 is 23.4 Å². The molecule has 0 spiro atoms.